The maximum Gasteiger partial charge on any atom is 0.138 e. The Morgan fingerprint density at radius 3 is 2.21 bits per heavy atom. The number of fused-ring (bicyclic) bond motifs is 7. The highest BCUT2D eigenvalue weighted by molar-refractivity contribution is 6.11. The van der Waals surface area contributed by atoms with Gasteiger partial charge in [-0.3, -0.25) is 4.57 Å². The van der Waals surface area contributed by atoms with Crippen molar-refractivity contribution in [3.8, 4) is 28.1 Å². The highest BCUT2D eigenvalue weighted by Gasteiger charge is 2.36. The van der Waals surface area contributed by atoms with Crippen molar-refractivity contribution < 1.29 is 0 Å². The molecule has 2 aromatic heterocycles. The van der Waals surface area contributed by atoms with Crippen molar-refractivity contribution in [3.05, 3.63) is 133 Å². The third-order valence-corrected chi connectivity index (χ3v) is 8.45. The maximum atomic E-state index is 4.92. The number of hydrogen-bond acceptors (Lipinski definition) is 1. The standard InChI is InChI=1S/C36H26N2/c1-36(2)31-16-7-5-13-27(31)29-22-34-30(21-32(29)36)28-14-6-8-17-33(28)38(34)35-20-24(18-19-37-35)26-15-9-11-23-10-3-4-12-25(23)26/h3-22H,1-2H3. The minimum atomic E-state index is -0.0319. The van der Waals surface area contributed by atoms with Crippen LogP contribution in [0.25, 0.3) is 60.6 Å². The minimum absolute atomic E-state index is 0.0319. The van der Waals surface area contributed by atoms with E-state index in [-0.39, 0.29) is 5.41 Å². The Bertz CT molecular complexity index is 2050. The van der Waals surface area contributed by atoms with Gasteiger partial charge in [-0.2, -0.15) is 0 Å². The highest BCUT2D eigenvalue weighted by Crippen LogP contribution is 2.50. The molecule has 0 aliphatic heterocycles. The molecule has 8 rings (SSSR count). The van der Waals surface area contributed by atoms with E-state index in [1.807, 2.05) is 6.20 Å². The van der Waals surface area contributed by atoms with Crippen LogP contribution in [0.5, 0.6) is 0 Å². The second-order valence-electron chi connectivity index (χ2n) is 10.9. The van der Waals surface area contributed by atoms with Crippen LogP contribution in [0.15, 0.2) is 121 Å². The first-order valence-electron chi connectivity index (χ1n) is 13.2. The summed E-state index contributed by atoms with van der Waals surface area (Å²) in [7, 11) is 0. The number of para-hydroxylation sites is 1. The third-order valence-electron chi connectivity index (χ3n) is 8.45. The van der Waals surface area contributed by atoms with Gasteiger partial charge in [0.2, 0.25) is 0 Å². The van der Waals surface area contributed by atoms with Gasteiger partial charge in [0.1, 0.15) is 5.82 Å². The predicted octanol–water partition coefficient (Wildman–Crippen LogP) is 9.31. The van der Waals surface area contributed by atoms with Crippen LogP contribution in [-0.2, 0) is 5.41 Å². The van der Waals surface area contributed by atoms with Crippen molar-refractivity contribution in [2.45, 2.75) is 19.3 Å². The van der Waals surface area contributed by atoms with E-state index < -0.39 is 0 Å². The minimum Gasteiger partial charge on any atom is -0.294 e. The van der Waals surface area contributed by atoms with Crippen molar-refractivity contribution in [2.24, 2.45) is 0 Å². The number of nitrogens with zero attached hydrogens (tertiary/aromatic N) is 2. The van der Waals surface area contributed by atoms with Crippen molar-refractivity contribution in [2.75, 3.05) is 0 Å². The molecule has 7 aromatic rings. The van der Waals surface area contributed by atoms with Crippen molar-refractivity contribution in [1.82, 2.24) is 9.55 Å². The van der Waals surface area contributed by atoms with Gasteiger partial charge in [-0.05, 0) is 74.5 Å². The van der Waals surface area contributed by atoms with Gasteiger partial charge in [0.25, 0.3) is 0 Å². The van der Waals surface area contributed by atoms with E-state index in [1.165, 1.54) is 66.0 Å². The molecule has 1 aliphatic carbocycles. The zero-order valence-corrected chi connectivity index (χ0v) is 21.4. The zero-order valence-electron chi connectivity index (χ0n) is 21.4. The molecule has 1 aliphatic rings. The van der Waals surface area contributed by atoms with Crippen LogP contribution in [0, 0.1) is 0 Å². The van der Waals surface area contributed by atoms with Gasteiger partial charge in [0, 0.05) is 22.4 Å². The summed E-state index contributed by atoms with van der Waals surface area (Å²) in [6, 6.07) is 41.9. The molecule has 0 radical (unpaired) electrons. The molecule has 0 atom stereocenters. The fourth-order valence-corrected chi connectivity index (χ4v) is 6.60. The van der Waals surface area contributed by atoms with Gasteiger partial charge in [-0.25, -0.2) is 4.98 Å². The van der Waals surface area contributed by atoms with Gasteiger partial charge < -0.3 is 0 Å². The van der Waals surface area contributed by atoms with Crippen LogP contribution < -0.4 is 0 Å². The Balaban J connectivity index is 1.42. The lowest BCUT2D eigenvalue weighted by Gasteiger charge is -2.21. The van der Waals surface area contributed by atoms with E-state index in [4.69, 9.17) is 4.98 Å². The molecule has 0 unspecified atom stereocenters. The first-order chi connectivity index (χ1) is 18.6. The summed E-state index contributed by atoms with van der Waals surface area (Å²) >= 11 is 0. The van der Waals surface area contributed by atoms with E-state index in [9.17, 15) is 0 Å². The van der Waals surface area contributed by atoms with Gasteiger partial charge in [0.15, 0.2) is 0 Å². The topological polar surface area (TPSA) is 17.8 Å². The monoisotopic (exact) mass is 486 g/mol. The zero-order chi connectivity index (χ0) is 25.4. The number of benzene rings is 5. The highest BCUT2D eigenvalue weighted by atomic mass is 15.1. The smallest absolute Gasteiger partial charge is 0.138 e. The molecule has 180 valence electrons. The Hall–Kier alpha value is -4.69. The van der Waals surface area contributed by atoms with Gasteiger partial charge >= 0.3 is 0 Å². The van der Waals surface area contributed by atoms with Gasteiger partial charge in [-0.15, -0.1) is 0 Å². The van der Waals surface area contributed by atoms with Crippen molar-refractivity contribution in [3.63, 3.8) is 0 Å². The molecule has 2 heteroatoms. The Labute approximate surface area is 221 Å². The number of aromatic nitrogens is 2. The predicted molar refractivity (Wildman–Crippen MR) is 159 cm³/mol. The number of rotatable bonds is 2. The fourth-order valence-electron chi connectivity index (χ4n) is 6.60. The first-order valence-corrected chi connectivity index (χ1v) is 13.2. The molecule has 0 fully saturated rings. The summed E-state index contributed by atoms with van der Waals surface area (Å²) in [6.07, 6.45) is 1.94. The largest absolute Gasteiger partial charge is 0.294 e. The van der Waals surface area contributed by atoms with Gasteiger partial charge in [-0.1, -0.05) is 98.8 Å². The molecule has 0 N–H and O–H groups in total. The molecule has 0 spiro atoms. The molecule has 38 heavy (non-hydrogen) atoms. The second kappa shape index (κ2) is 7.66. The summed E-state index contributed by atoms with van der Waals surface area (Å²) in [4.78, 5) is 4.92. The molecule has 5 aromatic carbocycles. The number of hydrogen-bond donors (Lipinski definition) is 0. The number of pyridine rings is 1. The lowest BCUT2D eigenvalue weighted by atomic mass is 9.82. The summed E-state index contributed by atoms with van der Waals surface area (Å²) < 4.78 is 2.34. The summed E-state index contributed by atoms with van der Waals surface area (Å²) in [6.45, 7) is 4.69. The fraction of sp³-hybridized carbons (Fsp3) is 0.0833. The Morgan fingerprint density at radius 2 is 1.29 bits per heavy atom. The third kappa shape index (κ3) is 2.86. The molecular weight excluding hydrogens is 460 g/mol. The van der Waals surface area contributed by atoms with Crippen molar-refractivity contribution in [1.29, 1.82) is 0 Å². The normalized spacial score (nSPS) is 13.7. The summed E-state index contributed by atoms with van der Waals surface area (Å²) in [5, 5.41) is 5.04. The summed E-state index contributed by atoms with van der Waals surface area (Å²) in [5.41, 5.74) is 10.2. The van der Waals surface area contributed by atoms with Gasteiger partial charge in [0.05, 0.1) is 11.0 Å². The van der Waals surface area contributed by atoms with E-state index in [0.29, 0.717) is 0 Å². The molecule has 0 bridgehead atoms. The van der Waals surface area contributed by atoms with Crippen LogP contribution in [0.3, 0.4) is 0 Å². The quantitative estimate of drug-likeness (QED) is 0.238. The maximum absolute atomic E-state index is 4.92. The van der Waals surface area contributed by atoms with Crippen molar-refractivity contribution >= 4 is 32.6 Å². The first kappa shape index (κ1) is 21.4. The van der Waals surface area contributed by atoms with E-state index in [2.05, 4.69) is 134 Å². The molecule has 0 saturated carbocycles. The Morgan fingerprint density at radius 1 is 0.553 bits per heavy atom. The SMILES string of the molecule is CC1(C)c2ccccc2-c2cc3c(cc21)c1ccccc1n3-c1cc(-c2cccc3ccccc23)ccn1. The second-order valence-corrected chi connectivity index (χ2v) is 10.9. The molecule has 0 amide bonds. The lowest BCUT2D eigenvalue weighted by molar-refractivity contribution is 0.661. The van der Waals surface area contributed by atoms with Crippen LogP contribution in [0.1, 0.15) is 25.0 Å². The van der Waals surface area contributed by atoms with Crippen LogP contribution in [-0.4, -0.2) is 9.55 Å². The molecule has 0 saturated heterocycles. The molecule has 2 heterocycles. The van der Waals surface area contributed by atoms with Crippen LogP contribution in [0.2, 0.25) is 0 Å². The van der Waals surface area contributed by atoms with Crippen LogP contribution >= 0.6 is 0 Å². The average molecular weight is 487 g/mol. The lowest BCUT2D eigenvalue weighted by Crippen LogP contribution is -2.14. The molecule has 2 nitrogen and oxygen atoms in total. The summed E-state index contributed by atoms with van der Waals surface area (Å²) in [5.74, 6) is 0.937. The van der Waals surface area contributed by atoms with E-state index in [1.54, 1.807) is 0 Å². The van der Waals surface area contributed by atoms with E-state index in [0.717, 1.165) is 5.82 Å². The average Bonchev–Trinajstić information content (AvgIpc) is 3.40. The molecular formula is C36H26N2. The van der Waals surface area contributed by atoms with Crippen LogP contribution in [0.4, 0.5) is 0 Å². The Kier molecular flexibility index (Phi) is 4.31. The van der Waals surface area contributed by atoms with E-state index >= 15 is 0 Å².